The lowest BCUT2D eigenvalue weighted by atomic mass is 9.94. The molecule has 1 saturated heterocycles. The van der Waals surface area contributed by atoms with E-state index in [1.807, 2.05) is 6.92 Å². The van der Waals surface area contributed by atoms with Gasteiger partial charge in [-0.05, 0) is 49.9 Å². The molecule has 128 valence electrons. The zero-order valence-corrected chi connectivity index (χ0v) is 14.6. The Labute approximate surface area is 140 Å². The van der Waals surface area contributed by atoms with Gasteiger partial charge in [0.05, 0.1) is 6.04 Å². The highest BCUT2D eigenvalue weighted by atomic mass is 16.1. The normalized spacial score (nSPS) is 17.9. The van der Waals surface area contributed by atoms with Gasteiger partial charge in [0, 0.05) is 19.5 Å². The fourth-order valence-electron chi connectivity index (χ4n) is 3.25. The molecular formula is C19H31N3O. The first-order valence-electron chi connectivity index (χ1n) is 8.93. The van der Waals surface area contributed by atoms with Crippen LogP contribution in [-0.2, 0) is 11.3 Å². The Kier molecular flexibility index (Phi) is 7.06. The van der Waals surface area contributed by atoms with Crippen LogP contribution in [0.1, 0.15) is 56.7 Å². The molecule has 23 heavy (non-hydrogen) atoms. The summed E-state index contributed by atoms with van der Waals surface area (Å²) in [6.07, 6.45) is 4.37. The minimum absolute atomic E-state index is 0.0165. The Hall–Kier alpha value is -1.39. The van der Waals surface area contributed by atoms with E-state index in [0.717, 1.165) is 18.0 Å². The molecule has 0 aliphatic carbocycles. The summed E-state index contributed by atoms with van der Waals surface area (Å²) >= 11 is 0. The molecule has 1 fully saturated rings. The Morgan fingerprint density at radius 3 is 2.52 bits per heavy atom. The molecule has 0 bridgehead atoms. The maximum atomic E-state index is 11.6. The first-order chi connectivity index (χ1) is 11.1. The van der Waals surface area contributed by atoms with Crippen LogP contribution >= 0.6 is 0 Å². The fraction of sp³-hybridized carbons (Fsp3) is 0.632. The summed E-state index contributed by atoms with van der Waals surface area (Å²) in [5.41, 5.74) is 7.90. The quantitative estimate of drug-likeness (QED) is 0.813. The van der Waals surface area contributed by atoms with E-state index in [1.165, 1.54) is 37.9 Å². The van der Waals surface area contributed by atoms with Crippen molar-refractivity contribution >= 4 is 5.91 Å². The molecule has 1 heterocycles. The van der Waals surface area contributed by atoms with Gasteiger partial charge in [-0.1, -0.05) is 37.6 Å². The summed E-state index contributed by atoms with van der Waals surface area (Å²) in [5.74, 6) is 0.939. The van der Waals surface area contributed by atoms with Gasteiger partial charge in [0.1, 0.15) is 0 Å². The van der Waals surface area contributed by atoms with E-state index in [1.54, 1.807) is 0 Å². The maximum Gasteiger partial charge on any atom is 0.221 e. The minimum atomic E-state index is 0.0165. The van der Waals surface area contributed by atoms with Gasteiger partial charge in [0.15, 0.2) is 0 Å². The summed E-state index contributed by atoms with van der Waals surface area (Å²) in [4.78, 5) is 14.2. The van der Waals surface area contributed by atoms with Crippen molar-refractivity contribution in [1.29, 1.82) is 0 Å². The number of hydrogen-bond acceptors (Lipinski definition) is 3. The topological polar surface area (TPSA) is 58.4 Å². The third kappa shape index (κ3) is 5.63. The number of piperidine rings is 1. The summed E-state index contributed by atoms with van der Waals surface area (Å²) in [6, 6.07) is 8.66. The van der Waals surface area contributed by atoms with Crippen LogP contribution in [-0.4, -0.2) is 30.4 Å². The van der Waals surface area contributed by atoms with Crippen LogP contribution in [0, 0.1) is 5.92 Å². The molecule has 0 radical (unpaired) electrons. The van der Waals surface area contributed by atoms with Crippen molar-refractivity contribution in [3.63, 3.8) is 0 Å². The third-order valence-corrected chi connectivity index (χ3v) is 4.92. The number of carbonyl (C=O) groups is 1. The fourth-order valence-corrected chi connectivity index (χ4v) is 3.25. The second-order valence-electron chi connectivity index (χ2n) is 6.70. The molecule has 1 aromatic rings. The number of amides is 1. The molecule has 0 unspecified atom stereocenters. The van der Waals surface area contributed by atoms with Crippen LogP contribution in [0.15, 0.2) is 24.3 Å². The number of benzene rings is 1. The number of nitrogens with zero attached hydrogens (tertiary/aromatic N) is 1. The van der Waals surface area contributed by atoms with Gasteiger partial charge in [-0.2, -0.15) is 0 Å². The summed E-state index contributed by atoms with van der Waals surface area (Å²) in [5, 5.41) is 2.98. The Bertz CT molecular complexity index is 478. The van der Waals surface area contributed by atoms with Crippen molar-refractivity contribution in [2.75, 3.05) is 19.6 Å². The average Bonchev–Trinajstić information content (AvgIpc) is 2.56. The SMILES string of the molecule is CCC1CCN(Cc2ccc([C@@H](C)NC(=O)CCN)cc2)CC1. The number of nitrogens with one attached hydrogen (secondary N) is 1. The molecule has 0 aromatic heterocycles. The molecule has 1 aromatic carbocycles. The van der Waals surface area contributed by atoms with E-state index in [-0.39, 0.29) is 11.9 Å². The van der Waals surface area contributed by atoms with Crippen molar-refractivity contribution in [3.8, 4) is 0 Å². The molecule has 0 spiro atoms. The molecular weight excluding hydrogens is 286 g/mol. The predicted molar refractivity (Wildman–Crippen MR) is 95.0 cm³/mol. The van der Waals surface area contributed by atoms with Crippen molar-refractivity contribution in [3.05, 3.63) is 35.4 Å². The van der Waals surface area contributed by atoms with Gasteiger partial charge in [0.25, 0.3) is 0 Å². The van der Waals surface area contributed by atoms with E-state index in [9.17, 15) is 4.79 Å². The maximum absolute atomic E-state index is 11.6. The third-order valence-electron chi connectivity index (χ3n) is 4.92. The Balaban J connectivity index is 1.83. The zero-order chi connectivity index (χ0) is 16.7. The standard InChI is InChI=1S/C19H31N3O/c1-3-16-9-12-22(13-10-16)14-17-4-6-18(7-5-17)15(2)21-19(23)8-11-20/h4-7,15-16H,3,8-14,20H2,1-2H3,(H,21,23)/t15-/m1/s1. The van der Waals surface area contributed by atoms with Gasteiger partial charge in [-0.25, -0.2) is 0 Å². The average molecular weight is 317 g/mol. The summed E-state index contributed by atoms with van der Waals surface area (Å²) < 4.78 is 0. The van der Waals surface area contributed by atoms with Crippen LogP contribution < -0.4 is 11.1 Å². The van der Waals surface area contributed by atoms with E-state index in [2.05, 4.69) is 41.4 Å². The molecule has 1 aliphatic heterocycles. The zero-order valence-electron chi connectivity index (χ0n) is 14.6. The second-order valence-corrected chi connectivity index (χ2v) is 6.70. The molecule has 3 N–H and O–H groups in total. The van der Waals surface area contributed by atoms with Gasteiger partial charge < -0.3 is 11.1 Å². The highest BCUT2D eigenvalue weighted by Gasteiger charge is 2.17. The Morgan fingerprint density at radius 2 is 1.96 bits per heavy atom. The van der Waals surface area contributed by atoms with Gasteiger partial charge in [-0.15, -0.1) is 0 Å². The van der Waals surface area contributed by atoms with Crippen molar-refractivity contribution in [2.24, 2.45) is 11.7 Å². The molecule has 1 amide bonds. The number of likely N-dealkylation sites (tertiary alicyclic amines) is 1. The van der Waals surface area contributed by atoms with Crippen LogP contribution in [0.2, 0.25) is 0 Å². The smallest absolute Gasteiger partial charge is 0.221 e. The van der Waals surface area contributed by atoms with Crippen LogP contribution in [0.4, 0.5) is 0 Å². The van der Waals surface area contributed by atoms with Gasteiger partial charge in [-0.3, -0.25) is 9.69 Å². The lowest BCUT2D eigenvalue weighted by Gasteiger charge is -2.31. The van der Waals surface area contributed by atoms with Gasteiger partial charge >= 0.3 is 0 Å². The van der Waals surface area contributed by atoms with Crippen molar-refractivity contribution < 1.29 is 4.79 Å². The lowest BCUT2D eigenvalue weighted by molar-refractivity contribution is -0.121. The first-order valence-corrected chi connectivity index (χ1v) is 8.93. The molecule has 4 heteroatoms. The number of carbonyl (C=O) groups excluding carboxylic acids is 1. The van der Waals surface area contributed by atoms with Crippen LogP contribution in [0.25, 0.3) is 0 Å². The summed E-state index contributed by atoms with van der Waals surface area (Å²) in [6.45, 7) is 8.17. The highest BCUT2D eigenvalue weighted by Crippen LogP contribution is 2.22. The van der Waals surface area contributed by atoms with E-state index < -0.39 is 0 Å². The lowest BCUT2D eigenvalue weighted by Crippen LogP contribution is -2.33. The molecule has 1 atom stereocenters. The highest BCUT2D eigenvalue weighted by molar-refractivity contribution is 5.76. The van der Waals surface area contributed by atoms with E-state index >= 15 is 0 Å². The van der Waals surface area contributed by atoms with E-state index in [0.29, 0.717) is 13.0 Å². The minimum Gasteiger partial charge on any atom is -0.350 e. The van der Waals surface area contributed by atoms with Crippen LogP contribution in [0.3, 0.4) is 0 Å². The van der Waals surface area contributed by atoms with Crippen molar-refractivity contribution in [1.82, 2.24) is 10.2 Å². The monoisotopic (exact) mass is 317 g/mol. The molecule has 4 nitrogen and oxygen atoms in total. The second kappa shape index (κ2) is 9.04. The van der Waals surface area contributed by atoms with Crippen LogP contribution in [0.5, 0.6) is 0 Å². The molecule has 1 aliphatic rings. The van der Waals surface area contributed by atoms with Gasteiger partial charge in [0.2, 0.25) is 5.91 Å². The summed E-state index contributed by atoms with van der Waals surface area (Å²) in [7, 11) is 0. The number of nitrogens with two attached hydrogens (primary N) is 1. The largest absolute Gasteiger partial charge is 0.350 e. The first kappa shape index (κ1) is 18.0. The number of hydrogen-bond donors (Lipinski definition) is 2. The Morgan fingerprint density at radius 1 is 1.30 bits per heavy atom. The number of rotatable bonds is 7. The predicted octanol–water partition coefficient (Wildman–Crippen LogP) is 2.83. The van der Waals surface area contributed by atoms with E-state index in [4.69, 9.17) is 5.73 Å². The molecule has 2 rings (SSSR count). The van der Waals surface area contributed by atoms with Crippen molar-refractivity contribution in [2.45, 2.75) is 52.1 Å². The molecule has 0 saturated carbocycles.